The monoisotopic (exact) mass is 855 g/mol. The summed E-state index contributed by atoms with van der Waals surface area (Å²) in [6, 6.07) is 18.8. The summed E-state index contributed by atoms with van der Waals surface area (Å²) in [6.45, 7) is 20.9. The number of hydrogen-bond donors (Lipinski definition) is 1. The van der Waals surface area contributed by atoms with Gasteiger partial charge >= 0.3 is 0 Å². The van der Waals surface area contributed by atoms with Gasteiger partial charge in [0, 0.05) is 65.3 Å². The third kappa shape index (κ3) is 7.58. The standard InChI is InChI=1S/C28H24NOS.C15H28O2.Ir/c1-16-13-18-9-10-21-24-23(31-27(21)26(18)30-16)11-12-29-25(24)19-14-17-7-5-6-8-20(17)22(15-19)28(2,3)4;1-7-14(5,8-2)12(16)11-13(17)15(6,9-3)10-4;/h5-13,15,21,27H,1-4H3;11,16H,7-10H2,1-6H3;/q-1;;/b;12-11-;. The molecule has 1 radical (unpaired) electrons. The number of rotatable bonds is 8. The smallest absolute Gasteiger partial charge is 0.164 e. The first-order valence-corrected chi connectivity index (χ1v) is 18.4. The first-order chi connectivity index (χ1) is 22.7. The normalized spacial score (nSPS) is 17.1. The molecule has 0 saturated carbocycles. The van der Waals surface area contributed by atoms with Gasteiger partial charge in [0.1, 0.15) is 17.3 Å². The van der Waals surface area contributed by atoms with Crippen molar-refractivity contribution in [2.45, 2.75) is 116 Å². The quantitative estimate of drug-likeness (QED) is 0.109. The molecule has 2 aromatic heterocycles. The van der Waals surface area contributed by atoms with Crippen molar-refractivity contribution in [2.24, 2.45) is 10.8 Å². The third-order valence-corrected chi connectivity index (χ3v) is 12.3. The summed E-state index contributed by atoms with van der Waals surface area (Å²) in [5.74, 6) is 2.62. The molecule has 0 amide bonds. The Labute approximate surface area is 311 Å². The predicted octanol–water partition coefficient (Wildman–Crippen LogP) is 12.5. The average Bonchev–Trinajstić information content (AvgIpc) is 3.66. The Morgan fingerprint density at radius 3 is 2.27 bits per heavy atom. The van der Waals surface area contributed by atoms with Crippen LogP contribution >= 0.6 is 11.8 Å². The molecule has 6 heteroatoms. The number of aliphatic hydroxyl groups excluding tert-OH is 1. The van der Waals surface area contributed by atoms with Crippen molar-refractivity contribution in [1.29, 1.82) is 0 Å². The fraction of sp³-hybridized carbons (Fsp3) is 0.442. The van der Waals surface area contributed by atoms with Gasteiger partial charge in [-0.2, -0.15) is 0 Å². The Balaban J connectivity index is 0.000000260. The second kappa shape index (κ2) is 15.1. The number of ketones is 1. The van der Waals surface area contributed by atoms with E-state index in [0.717, 1.165) is 53.8 Å². The SMILES string of the molecule is CCC(C)(CC)C(=O)/C=C(\O)C(C)(CC)CC.Cc1cc2c(o1)C1Sc3ccnc(-c4[c-]c5ccccc5c(C(C)(C)C)c4)c3C1C=C2.[Ir]. The summed E-state index contributed by atoms with van der Waals surface area (Å²) in [5.41, 5.74) is 5.40. The largest absolute Gasteiger partial charge is 0.512 e. The number of aryl methyl sites for hydroxylation is 1. The van der Waals surface area contributed by atoms with Crippen molar-refractivity contribution in [2.75, 3.05) is 0 Å². The van der Waals surface area contributed by atoms with Crippen molar-refractivity contribution < 1.29 is 34.4 Å². The number of carbonyl (C=O) groups excluding carboxylic acids is 1. The molecule has 2 aromatic carbocycles. The van der Waals surface area contributed by atoms with E-state index >= 15 is 0 Å². The summed E-state index contributed by atoms with van der Waals surface area (Å²) in [4.78, 5) is 18.4. The minimum Gasteiger partial charge on any atom is -0.512 e. The number of thioether (sulfide) groups is 1. The van der Waals surface area contributed by atoms with Crippen LogP contribution < -0.4 is 0 Å². The molecule has 1 N–H and O–H groups in total. The second-order valence-electron chi connectivity index (χ2n) is 15.0. The van der Waals surface area contributed by atoms with E-state index in [1.54, 1.807) is 0 Å². The van der Waals surface area contributed by atoms with Crippen LogP contribution in [0.1, 0.15) is 127 Å². The van der Waals surface area contributed by atoms with Crippen LogP contribution in [-0.2, 0) is 30.3 Å². The summed E-state index contributed by atoms with van der Waals surface area (Å²) in [5, 5.41) is 12.8. The Morgan fingerprint density at radius 2 is 1.63 bits per heavy atom. The van der Waals surface area contributed by atoms with E-state index in [4.69, 9.17) is 9.40 Å². The number of aliphatic hydroxyl groups is 1. The molecule has 3 heterocycles. The van der Waals surface area contributed by atoms with Crippen molar-refractivity contribution in [3.63, 3.8) is 0 Å². The van der Waals surface area contributed by atoms with Gasteiger partial charge in [-0.05, 0) is 55.7 Å². The van der Waals surface area contributed by atoms with Gasteiger partial charge in [-0.25, -0.2) is 0 Å². The number of hydrogen-bond acceptors (Lipinski definition) is 5. The molecule has 6 rings (SSSR count). The van der Waals surface area contributed by atoms with E-state index in [9.17, 15) is 9.90 Å². The molecule has 49 heavy (non-hydrogen) atoms. The molecular weight excluding hydrogens is 803 g/mol. The molecule has 0 bridgehead atoms. The average molecular weight is 855 g/mol. The molecule has 2 atom stereocenters. The zero-order valence-corrected chi connectivity index (χ0v) is 34.0. The van der Waals surface area contributed by atoms with E-state index in [2.05, 4.69) is 81.5 Å². The van der Waals surface area contributed by atoms with Gasteiger partial charge in [-0.3, -0.25) is 9.78 Å². The second-order valence-corrected chi connectivity index (χ2v) is 16.2. The van der Waals surface area contributed by atoms with Gasteiger partial charge in [-0.1, -0.05) is 104 Å². The number of pyridine rings is 1. The number of fused-ring (bicyclic) bond motifs is 6. The molecule has 2 aliphatic rings. The molecule has 2 unspecified atom stereocenters. The number of benzene rings is 2. The molecule has 1 aliphatic carbocycles. The van der Waals surface area contributed by atoms with Gasteiger partial charge in [0.15, 0.2) is 5.78 Å². The van der Waals surface area contributed by atoms with Gasteiger partial charge in [0.2, 0.25) is 0 Å². The van der Waals surface area contributed by atoms with Crippen LogP contribution in [-0.4, -0.2) is 15.9 Å². The Hall–Kier alpha value is -2.92. The molecule has 0 saturated heterocycles. The first-order valence-electron chi connectivity index (χ1n) is 17.5. The van der Waals surface area contributed by atoms with Crippen LogP contribution in [0.4, 0.5) is 0 Å². The van der Waals surface area contributed by atoms with Gasteiger partial charge < -0.3 is 9.52 Å². The molecular formula is C43H52IrNO3S-. The van der Waals surface area contributed by atoms with Crippen LogP contribution in [0, 0.1) is 23.8 Å². The maximum absolute atomic E-state index is 12.2. The maximum atomic E-state index is 12.2. The van der Waals surface area contributed by atoms with E-state index in [1.807, 2.05) is 66.4 Å². The Morgan fingerprint density at radius 1 is 0.980 bits per heavy atom. The minimum atomic E-state index is -0.337. The number of furan rings is 1. The fourth-order valence-electron chi connectivity index (χ4n) is 6.64. The zero-order valence-electron chi connectivity index (χ0n) is 30.8. The van der Waals surface area contributed by atoms with Crippen LogP contribution in [0.15, 0.2) is 75.9 Å². The number of allylic oxidation sites excluding steroid dienone is 3. The third-order valence-electron chi connectivity index (χ3n) is 11.0. The molecule has 263 valence electrons. The predicted molar refractivity (Wildman–Crippen MR) is 202 cm³/mol. The van der Waals surface area contributed by atoms with Crippen LogP contribution in [0.2, 0.25) is 0 Å². The van der Waals surface area contributed by atoms with Crippen LogP contribution in [0.3, 0.4) is 0 Å². The zero-order chi connectivity index (χ0) is 35.0. The van der Waals surface area contributed by atoms with E-state index in [0.29, 0.717) is 0 Å². The van der Waals surface area contributed by atoms with Crippen LogP contribution in [0.25, 0.3) is 28.1 Å². The fourth-order valence-corrected chi connectivity index (χ4v) is 8.08. The number of aromatic nitrogens is 1. The molecule has 1 aliphatic heterocycles. The molecule has 0 spiro atoms. The first kappa shape index (κ1) is 38.9. The molecule has 4 aromatic rings. The minimum absolute atomic E-state index is 0. The molecule has 4 nitrogen and oxygen atoms in total. The summed E-state index contributed by atoms with van der Waals surface area (Å²) >= 11 is 1.90. The van der Waals surface area contributed by atoms with Crippen molar-refractivity contribution >= 4 is 34.4 Å². The van der Waals surface area contributed by atoms with E-state index in [1.165, 1.54) is 33.0 Å². The van der Waals surface area contributed by atoms with Gasteiger partial charge in [0.25, 0.3) is 0 Å². The van der Waals surface area contributed by atoms with E-state index in [-0.39, 0.29) is 59.1 Å². The number of carbonyl (C=O) groups is 1. The van der Waals surface area contributed by atoms with Crippen molar-refractivity contribution in [3.8, 4) is 11.3 Å². The van der Waals surface area contributed by atoms with Crippen molar-refractivity contribution in [1.82, 2.24) is 4.98 Å². The maximum Gasteiger partial charge on any atom is 0.164 e. The summed E-state index contributed by atoms with van der Waals surface area (Å²) in [7, 11) is 0. The summed E-state index contributed by atoms with van der Waals surface area (Å²) < 4.78 is 6.12. The van der Waals surface area contributed by atoms with Crippen molar-refractivity contribution in [3.05, 3.63) is 101 Å². The summed E-state index contributed by atoms with van der Waals surface area (Å²) in [6.07, 6.45) is 11.2. The van der Waals surface area contributed by atoms with Crippen LogP contribution in [0.5, 0.6) is 0 Å². The Bertz CT molecular complexity index is 1870. The Kier molecular flexibility index (Phi) is 12.0. The number of nitrogens with zero attached hydrogens (tertiary/aromatic N) is 1. The topological polar surface area (TPSA) is 63.3 Å². The molecule has 0 fully saturated rings. The van der Waals surface area contributed by atoms with E-state index < -0.39 is 0 Å². The van der Waals surface area contributed by atoms with Gasteiger partial charge in [0.05, 0.1) is 5.25 Å². The van der Waals surface area contributed by atoms with Gasteiger partial charge in [-0.15, -0.1) is 40.9 Å².